The van der Waals surface area contributed by atoms with Crippen LogP contribution in [0.15, 0.2) is 65.9 Å². The van der Waals surface area contributed by atoms with Crippen molar-refractivity contribution in [1.82, 2.24) is 9.97 Å². The van der Waals surface area contributed by atoms with E-state index in [0.29, 0.717) is 29.2 Å². The smallest absolute Gasteiger partial charge is 0.248 e. The van der Waals surface area contributed by atoms with Gasteiger partial charge in [-0.1, -0.05) is 30.3 Å². The summed E-state index contributed by atoms with van der Waals surface area (Å²) in [7, 11) is 3.43. The third kappa shape index (κ3) is 3.02. The second-order valence-electron chi connectivity index (χ2n) is 5.60. The van der Waals surface area contributed by atoms with E-state index in [1.54, 1.807) is 18.3 Å². The van der Waals surface area contributed by atoms with Gasteiger partial charge in [0, 0.05) is 12.7 Å². The molecule has 1 aliphatic rings. The molecule has 0 aliphatic carbocycles. The number of methoxy groups -OCH3 is 1. The van der Waals surface area contributed by atoms with Crippen molar-refractivity contribution in [2.45, 2.75) is 0 Å². The molecule has 0 unspecified atom stereocenters. The molecule has 3 aromatic rings. The zero-order chi connectivity index (χ0) is 17.9. The second kappa shape index (κ2) is 6.72. The van der Waals surface area contributed by atoms with Crippen molar-refractivity contribution >= 4 is 23.4 Å². The van der Waals surface area contributed by atoms with E-state index in [2.05, 4.69) is 20.4 Å². The number of anilines is 3. The van der Waals surface area contributed by atoms with Gasteiger partial charge in [0.05, 0.1) is 18.9 Å². The number of fused-ring (bicyclic) bond motifs is 1. The first-order chi connectivity index (χ1) is 12.7. The van der Waals surface area contributed by atoms with Crippen LogP contribution < -0.4 is 19.8 Å². The molecule has 7 heteroatoms. The van der Waals surface area contributed by atoms with Gasteiger partial charge in [0.2, 0.25) is 11.8 Å². The summed E-state index contributed by atoms with van der Waals surface area (Å²) >= 11 is 0. The summed E-state index contributed by atoms with van der Waals surface area (Å²) in [6.45, 7) is 0. The molecule has 0 spiro atoms. The molecule has 0 saturated carbocycles. The van der Waals surface area contributed by atoms with Gasteiger partial charge < -0.3 is 14.8 Å². The van der Waals surface area contributed by atoms with Gasteiger partial charge in [0.15, 0.2) is 11.6 Å². The molecule has 0 bridgehead atoms. The Morgan fingerprint density at radius 2 is 1.81 bits per heavy atom. The van der Waals surface area contributed by atoms with E-state index < -0.39 is 0 Å². The maximum atomic E-state index is 5.91. The van der Waals surface area contributed by atoms with Crippen LogP contribution in [0.2, 0.25) is 0 Å². The molecule has 1 aromatic heterocycles. The lowest BCUT2D eigenvalue weighted by Crippen LogP contribution is -2.26. The van der Waals surface area contributed by atoms with E-state index in [9.17, 15) is 0 Å². The molecule has 0 radical (unpaired) electrons. The monoisotopic (exact) mass is 347 g/mol. The zero-order valence-corrected chi connectivity index (χ0v) is 14.4. The summed E-state index contributed by atoms with van der Waals surface area (Å²) in [5, 5.41) is 9.31. The largest absolute Gasteiger partial charge is 0.496 e. The number of benzene rings is 2. The number of aromatic nitrogens is 2. The quantitative estimate of drug-likeness (QED) is 0.780. The average molecular weight is 347 g/mol. The molecule has 7 nitrogen and oxygen atoms in total. The van der Waals surface area contributed by atoms with Crippen molar-refractivity contribution in [3.63, 3.8) is 0 Å². The minimum atomic E-state index is 0.435. The minimum absolute atomic E-state index is 0.435. The van der Waals surface area contributed by atoms with Crippen molar-refractivity contribution in [3.8, 4) is 11.5 Å². The summed E-state index contributed by atoms with van der Waals surface area (Å²) in [6.07, 6.45) is 1.63. The van der Waals surface area contributed by atoms with Crippen molar-refractivity contribution in [2.24, 2.45) is 5.10 Å². The lowest BCUT2D eigenvalue weighted by Gasteiger charge is -2.24. The number of ether oxygens (including phenoxy) is 2. The zero-order valence-electron chi connectivity index (χ0n) is 14.4. The number of hydrazone groups is 1. The Morgan fingerprint density at radius 1 is 1.04 bits per heavy atom. The standard InChI is InChI=1S/C19H17N5O2/c1-24-17-16(12-20-19(22-17)21-13-8-4-3-5-9-13)26-18(23-24)14-10-6-7-11-15(14)25-2/h3-12H,1-2H3,(H,20,21,22). The van der Waals surface area contributed by atoms with Gasteiger partial charge in [-0.05, 0) is 24.3 Å². The van der Waals surface area contributed by atoms with E-state index in [0.717, 1.165) is 11.3 Å². The van der Waals surface area contributed by atoms with Gasteiger partial charge in [-0.2, -0.15) is 4.98 Å². The average Bonchev–Trinajstić information content (AvgIpc) is 2.69. The molecule has 0 saturated heterocycles. The third-order valence-electron chi connectivity index (χ3n) is 3.86. The molecular formula is C19H17N5O2. The molecule has 0 fully saturated rings. The maximum Gasteiger partial charge on any atom is 0.248 e. The molecule has 0 amide bonds. The fourth-order valence-electron chi connectivity index (χ4n) is 2.61. The highest BCUT2D eigenvalue weighted by Crippen LogP contribution is 2.32. The van der Waals surface area contributed by atoms with Gasteiger partial charge in [-0.3, -0.25) is 0 Å². The van der Waals surface area contributed by atoms with E-state index in [4.69, 9.17) is 9.47 Å². The summed E-state index contributed by atoms with van der Waals surface area (Å²) in [4.78, 5) is 8.83. The Hall–Kier alpha value is -3.61. The van der Waals surface area contributed by atoms with Crippen LogP contribution in [0.4, 0.5) is 17.5 Å². The van der Waals surface area contributed by atoms with Crippen LogP contribution in [0, 0.1) is 0 Å². The summed E-state index contributed by atoms with van der Waals surface area (Å²) < 4.78 is 11.3. The number of nitrogens with one attached hydrogen (secondary N) is 1. The molecule has 4 rings (SSSR count). The summed E-state index contributed by atoms with van der Waals surface area (Å²) in [6, 6.07) is 17.3. The predicted octanol–water partition coefficient (Wildman–Crippen LogP) is 3.42. The van der Waals surface area contributed by atoms with E-state index in [1.165, 1.54) is 0 Å². The predicted molar refractivity (Wildman–Crippen MR) is 100 cm³/mol. The number of hydrogen-bond donors (Lipinski definition) is 1. The third-order valence-corrected chi connectivity index (χ3v) is 3.86. The first kappa shape index (κ1) is 15.9. The van der Waals surface area contributed by atoms with Gasteiger partial charge in [0.25, 0.3) is 0 Å². The summed E-state index contributed by atoms with van der Waals surface area (Å²) in [5.74, 6) is 2.71. The molecule has 2 heterocycles. The van der Waals surface area contributed by atoms with Crippen molar-refractivity contribution in [3.05, 3.63) is 66.4 Å². The molecule has 0 atom stereocenters. The number of para-hydroxylation sites is 2. The molecule has 2 aromatic carbocycles. The molecule has 26 heavy (non-hydrogen) atoms. The van der Waals surface area contributed by atoms with Gasteiger partial charge in [-0.25, -0.2) is 9.99 Å². The molecule has 130 valence electrons. The van der Waals surface area contributed by atoms with Crippen LogP contribution in [0.1, 0.15) is 5.56 Å². The summed E-state index contributed by atoms with van der Waals surface area (Å²) in [5.41, 5.74) is 1.67. The van der Waals surface area contributed by atoms with Crippen LogP contribution in [0.5, 0.6) is 11.5 Å². The Balaban J connectivity index is 1.63. The highest BCUT2D eigenvalue weighted by molar-refractivity contribution is 6.00. The molecular weight excluding hydrogens is 330 g/mol. The van der Waals surface area contributed by atoms with Crippen LogP contribution >= 0.6 is 0 Å². The topological polar surface area (TPSA) is 71.9 Å². The van der Waals surface area contributed by atoms with E-state index >= 15 is 0 Å². The maximum absolute atomic E-state index is 5.91. The van der Waals surface area contributed by atoms with Gasteiger partial charge >= 0.3 is 0 Å². The van der Waals surface area contributed by atoms with Crippen LogP contribution in [-0.2, 0) is 0 Å². The first-order valence-electron chi connectivity index (χ1n) is 8.07. The van der Waals surface area contributed by atoms with Crippen LogP contribution in [0.25, 0.3) is 0 Å². The molecule has 1 N–H and O–H groups in total. The van der Waals surface area contributed by atoms with Crippen LogP contribution in [-0.4, -0.2) is 30.0 Å². The van der Waals surface area contributed by atoms with Crippen molar-refractivity contribution in [2.75, 3.05) is 24.5 Å². The fraction of sp³-hybridized carbons (Fsp3) is 0.105. The number of hydrogen-bond acceptors (Lipinski definition) is 7. The van der Waals surface area contributed by atoms with Gasteiger partial charge in [0.1, 0.15) is 5.75 Å². The Morgan fingerprint density at radius 3 is 2.62 bits per heavy atom. The highest BCUT2D eigenvalue weighted by Gasteiger charge is 2.24. The number of nitrogens with zero attached hydrogens (tertiary/aromatic N) is 4. The normalized spacial score (nSPS) is 12.7. The Bertz CT molecular complexity index is 959. The Kier molecular flexibility index (Phi) is 4.10. The number of rotatable bonds is 4. The van der Waals surface area contributed by atoms with E-state index in [-0.39, 0.29) is 0 Å². The lowest BCUT2D eigenvalue weighted by atomic mass is 10.2. The van der Waals surface area contributed by atoms with Crippen molar-refractivity contribution < 1.29 is 9.47 Å². The Labute approximate surface area is 150 Å². The highest BCUT2D eigenvalue weighted by atomic mass is 16.5. The minimum Gasteiger partial charge on any atom is -0.496 e. The van der Waals surface area contributed by atoms with Crippen molar-refractivity contribution in [1.29, 1.82) is 0 Å². The van der Waals surface area contributed by atoms with Gasteiger partial charge in [-0.15, -0.1) is 5.10 Å². The lowest BCUT2D eigenvalue weighted by molar-refractivity contribution is 0.411. The van der Waals surface area contributed by atoms with Crippen LogP contribution in [0.3, 0.4) is 0 Å². The first-order valence-corrected chi connectivity index (χ1v) is 8.07. The second-order valence-corrected chi connectivity index (χ2v) is 5.60. The SMILES string of the molecule is COc1ccccc1C1=NN(C)c2nc(Nc3ccccc3)ncc2O1. The molecule has 1 aliphatic heterocycles. The van der Waals surface area contributed by atoms with E-state index in [1.807, 2.05) is 61.6 Å². The fourth-order valence-corrected chi connectivity index (χ4v) is 2.61.